The van der Waals surface area contributed by atoms with E-state index in [1.54, 1.807) is 0 Å². The summed E-state index contributed by atoms with van der Waals surface area (Å²) in [6.45, 7) is 1.30. The Morgan fingerprint density at radius 2 is 1.83 bits per heavy atom. The van der Waals surface area contributed by atoms with Crippen molar-refractivity contribution in [1.82, 2.24) is 9.71 Å². The molecule has 1 aliphatic heterocycles. The molecule has 0 spiro atoms. The normalized spacial score (nSPS) is 14.1. The standard InChI is InChI=1S/C20H21F3N4O2/c1-2-5-17-25-18(16(12-24)19(28)27(17)29-13-20(21,22)23)26-10-8-14-6-3-4-7-15(14)9-11-26/h3-4,6-7H,2,5,8-11,13H2,1H3. The lowest BCUT2D eigenvalue weighted by Crippen LogP contribution is -2.39. The largest absolute Gasteiger partial charge is 0.425 e. The molecule has 0 atom stereocenters. The van der Waals surface area contributed by atoms with Gasteiger partial charge in [0.05, 0.1) is 0 Å². The van der Waals surface area contributed by atoms with Crippen LogP contribution in [0.3, 0.4) is 0 Å². The summed E-state index contributed by atoms with van der Waals surface area (Å²) in [4.78, 5) is 23.7. The lowest BCUT2D eigenvalue weighted by Gasteiger charge is -2.24. The number of alkyl halides is 3. The van der Waals surface area contributed by atoms with Crippen molar-refractivity contribution in [2.24, 2.45) is 0 Å². The minimum absolute atomic E-state index is 0.0810. The zero-order valence-electron chi connectivity index (χ0n) is 16.0. The van der Waals surface area contributed by atoms with Gasteiger partial charge in [-0.1, -0.05) is 31.2 Å². The molecule has 0 radical (unpaired) electrons. The van der Waals surface area contributed by atoms with E-state index >= 15 is 0 Å². The fraction of sp³-hybridized carbons (Fsp3) is 0.450. The highest BCUT2D eigenvalue weighted by atomic mass is 19.4. The second-order valence-corrected chi connectivity index (χ2v) is 6.83. The van der Waals surface area contributed by atoms with E-state index in [0.717, 1.165) is 12.8 Å². The molecule has 0 saturated heterocycles. The van der Waals surface area contributed by atoms with Crippen LogP contribution in [0.4, 0.5) is 19.0 Å². The average Bonchev–Trinajstić information content (AvgIpc) is 2.89. The topological polar surface area (TPSA) is 71.2 Å². The number of aromatic nitrogens is 2. The third-order valence-electron chi connectivity index (χ3n) is 4.75. The van der Waals surface area contributed by atoms with E-state index < -0.39 is 18.3 Å². The lowest BCUT2D eigenvalue weighted by molar-refractivity contribution is -0.176. The van der Waals surface area contributed by atoms with E-state index in [0.29, 0.717) is 24.2 Å². The van der Waals surface area contributed by atoms with Crippen molar-refractivity contribution in [3.05, 3.63) is 57.1 Å². The van der Waals surface area contributed by atoms with Crippen molar-refractivity contribution in [2.75, 3.05) is 24.6 Å². The van der Waals surface area contributed by atoms with Crippen molar-refractivity contribution >= 4 is 5.82 Å². The molecule has 1 aromatic heterocycles. The summed E-state index contributed by atoms with van der Waals surface area (Å²) in [5.41, 5.74) is 1.18. The van der Waals surface area contributed by atoms with Crippen LogP contribution in [-0.2, 0) is 19.3 Å². The van der Waals surface area contributed by atoms with Gasteiger partial charge in [-0.05, 0) is 30.4 Å². The number of nitrogens with zero attached hydrogens (tertiary/aromatic N) is 4. The monoisotopic (exact) mass is 406 g/mol. The highest BCUT2D eigenvalue weighted by Gasteiger charge is 2.31. The van der Waals surface area contributed by atoms with Crippen LogP contribution in [0.2, 0.25) is 0 Å². The predicted octanol–water partition coefficient (Wildman–Crippen LogP) is 2.66. The van der Waals surface area contributed by atoms with Crippen molar-refractivity contribution in [3.8, 4) is 6.07 Å². The summed E-state index contributed by atoms with van der Waals surface area (Å²) in [5, 5.41) is 9.54. The Morgan fingerprint density at radius 3 is 2.34 bits per heavy atom. The van der Waals surface area contributed by atoms with Crippen molar-refractivity contribution in [3.63, 3.8) is 0 Å². The summed E-state index contributed by atoms with van der Waals surface area (Å²) in [7, 11) is 0. The molecule has 1 aromatic carbocycles. The maximum absolute atomic E-state index is 12.8. The molecule has 0 bridgehead atoms. The second kappa shape index (κ2) is 8.55. The smallest absolute Gasteiger partial charge is 0.399 e. The summed E-state index contributed by atoms with van der Waals surface area (Å²) < 4.78 is 38.3. The summed E-state index contributed by atoms with van der Waals surface area (Å²) in [6.07, 6.45) is -2.36. The Labute approximate surface area is 166 Å². The van der Waals surface area contributed by atoms with Crippen LogP contribution in [0.15, 0.2) is 29.1 Å². The molecular weight excluding hydrogens is 385 g/mol. The van der Waals surface area contributed by atoms with Crippen LogP contribution in [-0.4, -0.2) is 35.6 Å². The molecule has 9 heteroatoms. The fourth-order valence-corrected chi connectivity index (χ4v) is 3.40. The molecule has 154 valence electrons. The summed E-state index contributed by atoms with van der Waals surface area (Å²) in [5.74, 6) is 0.290. The van der Waals surface area contributed by atoms with Gasteiger partial charge < -0.3 is 9.74 Å². The maximum Gasteiger partial charge on any atom is 0.425 e. The van der Waals surface area contributed by atoms with Gasteiger partial charge >= 0.3 is 11.7 Å². The number of benzene rings is 1. The fourth-order valence-electron chi connectivity index (χ4n) is 3.40. The molecule has 0 N–H and O–H groups in total. The molecule has 3 rings (SSSR count). The number of aryl methyl sites for hydroxylation is 1. The Hall–Kier alpha value is -3.02. The van der Waals surface area contributed by atoms with E-state index in [4.69, 9.17) is 4.84 Å². The first-order valence-corrected chi connectivity index (χ1v) is 9.42. The molecule has 29 heavy (non-hydrogen) atoms. The predicted molar refractivity (Wildman–Crippen MR) is 101 cm³/mol. The third kappa shape index (κ3) is 4.70. The third-order valence-corrected chi connectivity index (χ3v) is 4.75. The quantitative estimate of drug-likeness (QED) is 0.764. The second-order valence-electron chi connectivity index (χ2n) is 6.83. The summed E-state index contributed by atoms with van der Waals surface area (Å²) in [6, 6.07) is 9.83. The first-order chi connectivity index (χ1) is 13.8. The lowest BCUT2D eigenvalue weighted by atomic mass is 10.0. The molecule has 0 saturated carbocycles. The van der Waals surface area contributed by atoms with Crippen LogP contribution >= 0.6 is 0 Å². The van der Waals surface area contributed by atoms with Crippen LogP contribution in [0.25, 0.3) is 0 Å². The molecule has 0 fully saturated rings. The van der Waals surface area contributed by atoms with E-state index in [9.17, 15) is 23.2 Å². The van der Waals surface area contributed by atoms with Gasteiger partial charge in [-0.3, -0.25) is 4.79 Å². The van der Waals surface area contributed by atoms with Gasteiger partial charge in [0.25, 0.3) is 0 Å². The van der Waals surface area contributed by atoms with Crippen molar-refractivity contribution in [1.29, 1.82) is 5.26 Å². The molecule has 6 nitrogen and oxygen atoms in total. The van der Waals surface area contributed by atoms with Crippen molar-refractivity contribution < 1.29 is 18.0 Å². The maximum atomic E-state index is 12.8. The van der Waals surface area contributed by atoms with Crippen LogP contribution in [0, 0.1) is 11.3 Å². The number of nitriles is 1. The number of hydrogen-bond donors (Lipinski definition) is 0. The van der Waals surface area contributed by atoms with Gasteiger partial charge in [0.1, 0.15) is 6.07 Å². The zero-order chi connectivity index (χ0) is 21.0. The number of halogens is 3. The Morgan fingerprint density at radius 1 is 1.21 bits per heavy atom. The number of rotatable bonds is 5. The molecular formula is C20H21F3N4O2. The highest BCUT2D eigenvalue weighted by molar-refractivity contribution is 5.54. The molecule has 2 aromatic rings. The zero-order valence-corrected chi connectivity index (χ0v) is 16.0. The average molecular weight is 406 g/mol. The SMILES string of the molecule is CCCc1nc(N2CCc3ccccc3CC2)c(C#N)c(=O)n1OCC(F)(F)F. The van der Waals surface area contributed by atoms with E-state index in [-0.39, 0.29) is 23.6 Å². The molecule has 0 aliphatic carbocycles. The molecule has 0 amide bonds. The molecule has 1 aliphatic rings. The highest BCUT2D eigenvalue weighted by Crippen LogP contribution is 2.22. The van der Waals surface area contributed by atoms with Crippen molar-refractivity contribution in [2.45, 2.75) is 38.8 Å². The van der Waals surface area contributed by atoms with Gasteiger partial charge in [0.2, 0.25) is 6.61 Å². The minimum atomic E-state index is -4.61. The minimum Gasteiger partial charge on any atom is -0.399 e. The van der Waals surface area contributed by atoms with E-state index in [1.807, 2.05) is 42.2 Å². The summed E-state index contributed by atoms with van der Waals surface area (Å²) >= 11 is 0. The number of fused-ring (bicyclic) bond motifs is 1. The van der Waals surface area contributed by atoms with Crippen LogP contribution in [0.1, 0.15) is 35.9 Å². The van der Waals surface area contributed by atoms with E-state index in [1.165, 1.54) is 11.1 Å². The first kappa shape index (κ1) is 20.7. The Kier molecular flexibility index (Phi) is 6.11. The van der Waals surface area contributed by atoms with Crippen LogP contribution in [0.5, 0.6) is 0 Å². The van der Waals surface area contributed by atoms with Gasteiger partial charge in [-0.15, -0.1) is 4.73 Å². The van der Waals surface area contributed by atoms with Gasteiger partial charge in [0, 0.05) is 19.5 Å². The first-order valence-electron chi connectivity index (χ1n) is 9.42. The van der Waals surface area contributed by atoms with Gasteiger partial charge in [0.15, 0.2) is 17.2 Å². The van der Waals surface area contributed by atoms with Gasteiger partial charge in [-0.25, -0.2) is 4.98 Å². The molecule has 0 unspecified atom stereocenters. The van der Waals surface area contributed by atoms with Crippen LogP contribution < -0.4 is 15.3 Å². The Balaban J connectivity index is 1.99. The molecule has 2 heterocycles. The Bertz CT molecular complexity index is 952. The number of anilines is 1. The van der Waals surface area contributed by atoms with E-state index in [2.05, 4.69) is 4.98 Å². The van der Waals surface area contributed by atoms with Gasteiger partial charge in [-0.2, -0.15) is 18.4 Å². The number of hydrogen-bond acceptors (Lipinski definition) is 5.